The van der Waals surface area contributed by atoms with E-state index < -0.39 is 0 Å². The summed E-state index contributed by atoms with van der Waals surface area (Å²) in [5, 5.41) is 19.8. The number of aromatic nitrogens is 12. The van der Waals surface area contributed by atoms with Crippen LogP contribution in [0.25, 0.3) is 88.9 Å². The van der Waals surface area contributed by atoms with Crippen molar-refractivity contribution in [3.63, 3.8) is 0 Å². The molecule has 0 aromatic carbocycles. The number of pyridine rings is 6. The van der Waals surface area contributed by atoms with Crippen LogP contribution < -0.4 is 14.7 Å². The Morgan fingerprint density at radius 2 is 1.02 bits per heavy atom. The molecule has 10 aromatic rings. The van der Waals surface area contributed by atoms with E-state index in [0.29, 0.717) is 0 Å². The first-order chi connectivity index (χ1) is 32.0. The van der Waals surface area contributed by atoms with Gasteiger partial charge in [0.15, 0.2) is 0 Å². The number of hydrogen-bond acceptors (Lipinski definition) is 11. The van der Waals surface area contributed by atoms with Crippen molar-refractivity contribution >= 4 is 60.9 Å². The average molecular weight is 864 g/mol. The number of H-pyrrole nitrogens is 4. The van der Waals surface area contributed by atoms with E-state index in [9.17, 15) is 0 Å². The standard InChI is InChI=1S/C25H26N8.C23H21N7.C2H6/c1-32(2)17-10-16(13-26-14-17)21-11-18-23(15-28-21)30-31-24(18)22-12-19-20(29-22)6-7-27-25(19)33-8-4-3-5-9-33;1-2-9-30(10-3-1)23-17-12-20(27-18(17)6-8-25-23)22-16-11-19(15-5-4-7-24-13-15)26-14-21(16)28-29-22;1-2/h6-7,10-15,29H,3-5,8-9H2,1-2H3,(H,30,31);4-8,11-14,27H,1-3,9-10H2,(H,28,29);1-2H3. The Kier molecular flexibility index (Phi) is 11.6. The van der Waals surface area contributed by atoms with Crippen molar-refractivity contribution in [1.82, 2.24) is 60.3 Å². The van der Waals surface area contributed by atoms with Crippen LogP contribution in [0.3, 0.4) is 0 Å². The predicted molar refractivity (Wildman–Crippen MR) is 262 cm³/mol. The van der Waals surface area contributed by atoms with Crippen molar-refractivity contribution in [3.05, 3.63) is 104 Å². The van der Waals surface area contributed by atoms with Crippen LogP contribution in [-0.4, -0.2) is 101 Å². The highest BCUT2D eigenvalue weighted by atomic mass is 15.2. The van der Waals surface area contributed by atoms with Crippen molar-refractivity contribution in [1.29, 1.82) is 0 Å². The Bertz CT molecular complexity index is 3200. The quantitative estimate of drug-likeness (QED) is 0.120. The number of aromatic amines is 4. The van der Waals surface area contributed by atoms with Crippen LogP contribution in [0.4, 0.5) is 17.3 Å². The number of anilines is 3. The minimum absolute atomic E-state index is 0.869. The van der Waals surface area contributed by atoms with Crippen LogP contribution >= 0.6 is 0 Å². The fourth-order valence-corrected chi connectivity index (χ4v) is 8.94. The highest BCUT2D eigenvalue weighted by Gasteiger charge is 2.21. The van der Waals surface area contributed by atoms with Crippen molar-refractivity contribution in [3.8, 4) is 45.3 Å². The van der Waals surface area contributed by atoms with E-state index in [0.717, 1.165) is 132 Å². The van der Waals surface area contributed by atoms with Gasteiger partial charge in [-0.15, -0.1) is 0 Å². The number of nitrogens with zero attached hydrogens (tertiary/aromatic N) is 11. The summed E-state index contributed by atoms with van der Waals surface area (Å²) < 4.78 is 0. The lowest BCUT2D eigenvalue weighted by Crippen LogP contribution is -2.30. The highest BCUT2D eigenvalue weighted by Crippen LogP contribution is 2.36. The highest BCUT2D eigenvalue weighted by molar-refractivity contribution is 6.01. The lowest BCUT2D eigenvalue weighted by molar-refractivity contribution is 0.575. The van der Waals surface area contributed by atoms with E-state index >= 15 is 0 Å². The zero-order chi connectivity index (χ0) is 44.3. The number of hydrogen-bond donors (Lipinski definition) is 4. The van der Waals surface area contributed by atoms with Gasteiger partial charge in [0.2, 0.25) is 0 Å². The van der Waals surface area contributed by atoms with Crippen LogP contribution in [0, 0.1) is 0 Å². The molecule has 0 amide bonds. The second-order valence-electron chi connectivity index (χ2n) is 16.6. The molecular weight excluding hydrogens is 811 g/mol. The topological polar surface area (TPSA) is 176 Å². The smallest absolute Gasteiger partial charge is 0.137 e. The summed E-state index contributed by atoms with van der Waals surface area (Å²) in [5.41, 5.74) is 12.4. The Balaban J connectivity index is 0.000000148. The van der Waals surface area contributed by atoms with Gasteiger partial charge in [0.05, 0.1) is 69.1 Å². The summed E-state index contributed by atoms with van der Waals surface area (Å²) in [7, 11) is 4.02. The Hall–Kier alpha value is -7.68. The number of fused-ring (bicyclic) bond motifs is 4. The van der Waals surface area contributed by atoms with Gasteiger partial charge in [0, 0.05) is 104 Å². The number of nitrogens with one attached hydrogen (secondary N) is 4. The second kappa shape index (κ2) is 18.2. The minimum atomic E-state index is 0.869. The second-order valence-corrected chi connectivity index (χ2v) is 16.6. The largest absolute Gasteiger partial charge is 0.376 e. The molecule has 2 fully saturated rings. The fraction of sp³-hybridized carbons (Fsp3) is 0.280. The zero-order valence-corrected chi connectivity index (χ0v) is 37.3. The fourth-order valence-electron chi connectivity index (χ4n) is 8.94. The molecule has 15 nitrogen and oxygen atoms in total. The van der Waals surface area contributed by atoms with Crippen molar-refractivity contribution < 1.29 is 0 Å². The molecule has 2 aliphatic rings. The molecule has 2 saturated heterocycles. The van der Waals surface area contributed by atoms with Gasteiger partial charge in [-0.1, -0.05) is 13.8 Å². The van der Waals surface area contributed by atoms with Gasteiger partial charge in [-0.05, 0) is 93.1 Å². The Morgan fingerprint density at radius 3 is 1.52 bits per heavy atom. The van der Waals surface area contributed by atoms with Crippen LogP contribution in [0.5, 0.6) is 0 Å². The van der Waals surface area contributed by atoms with E-state index in [1.54, 1.807) is 6.20 Å². The molecule has 0 radical (unpaired) electrons. The summed E-state index contributed by atoms with van der Waals surface area (Å²) in [6, 6.07) is 18.6. The molecule has 0 unspecified atom stereocenters. The van der Waals surface area contributed by atoms with Gasteiger partial charge in [0.25, 0.3) is 0 Å². The molecule has 10 aromatic heterocycles. The zero-order valence-electron chi connectivity index (χ0n) is 37.3. The molecule has 0 aliphatic carbocycles. The van der Waals surface area contributed by atoms with Crippen molar-refractivity contribution in [2.24, 2.45) is 0 Å². The number of rotatable bonds is 7. The van der Waals surface area contributed by atoms with E-state index in [2.05, 4.69) is 90.4 Å². The van der Waals surface area contributed by atoms with Crippen LogP contribution in [0.2, 0.25) is 0 Å². The maximum Gasteiger partial charge on any atom is 0.137 e. The van der Waals surface area contributed by atoms with Gasteiger partial charge < -0.3 is 24.7 Å². The maximum absolute atomic E-state index is 4.72. The first kappa shape index (κ1) is 41.3. The summed E-state index contributed by atoms with van der Waals surface area (Å²) in [6.45, 7) is 8.26. The third-order valence-corrected chi connectivity index (χ3v) is 12.3. The number of piperidine rings is 2. The van der Waals surface area contributed by atoms with E-state index in [-0.39, 0.29) is 0 Å². The van der Waals surface area contributed by atoms with Crippen LogP contribution in [0.15, 0.2) is 104 Å². The maximum atomic E-state index is 4.72. The summed E-state index contributed by atoms with van der Waals surface area (Å²) in [6.07, 6.45) is 22.2. The van der Waals surface area contributed by atoms with E-state index in [4.69, 9.17) is 9.97 Å². The first-order valence-electron chi connectivity index (χ1n) is 22.7. The van der Waals surface area contributed by atoms with Gasteiger partial charge in [-0.25, -0.2) is 9.97 Å². The molecule has 4 N–H and O–H groups in total. The molecule has 12 heterocycles. The van der Waals surface area contributed by atoms with Gasteiger partial charge in [-0.3, -0.25) is 30.1 Å². The van der Waals surface area contributed by atoms with Crippen molar-refractivity contribution in [2.75, 3.05) is 55.0 Å². The third kappa shape index (κ3) is 8.20. The molecule has 0 bridgehead atoms. The molecule has 65 heavy (non-hydrogen) atoms. The molecular formula is C50H53N15. The SMILES string of the molecule is CC.CN(C)c1cncc(-c2cc3c(-c4cc5c(N6CCCCC6)nccc5[nH]4)n[nH]c3cn2)c1.c1cncc(-c2cc3c(-c4cc5c(N6CCCCC6)nccc5[nH]4)n[nH]c3cn2)c1. The Labute approximate surface area is 376 Å². The molecule has 0 saturated carbocycles. The van der Waals surface area contributed by atoms with Gasteiger partial charge in [0.1, 0.15) is 23.0 Å². The van der Waals surface area contributed by atoms with Gasteiger partial charge >= 0.3 is 0 Å². The molecule has 0 atom stereocenters. The third-order valence-electron chi connectivity index (χ3n) is 12.3. The molecule has 2 aliphatic heterocycles. The lowest BCUT2D eigenvalue weighted by Gasteiger charge is -2.28. The van der Waals surface area contributed by atoms with E-state index in [1.165, 1.54) is 38.5 Å². The summed E-state index contributed by atoms with van der Waals surface area (Å²) in [5.74, 6) is 2.12. The lowest BCUT2D eigenvalue weighted by atomic mass is 10.1. The molecule has 12 rings (SSSR count). The van der Waals surface area contributed by atoms with Crippen LogP contribution in [-0.2, 0) is 0 Å². The first-order valence-corrected chi connectivity index (χ1v) is 22.7. The molecule has 328 valence electrons. The van der Waals surface area contributed by atoms with Crippen LogP contribution in [0.1, 0.15) is 52.4 Å². The molecule has 15 heteroatoms. The molecule has 0 spiro atoms. The van der Waals surface area contributed by atoms with Gasteiger partial charge in [-0.2, -0.15) is 10.2 Å². The normalized spacial score (nSPS) is 14.1. The average Bonchev–Trinajstić information content (AvgIpc) is 4.20. The summed E-state index contributed by atoms with van der Waals surface area (Å²) in [4.78, 5) is 41.2. The monoisotopic (exact) mass is 863 g/mol. The summed E-state index contributed by atoms with van der Waals surface area (Å²) >= 11 is 0. The van der Waals surface area contributed by atoms with Crippen molar-refractivity contribution in [2.45, 2.75) is 52.4 Å². The minimum Gasteiger partial charge on any atom is -0.376 e. The predicted octanol–water partition coefficient (Wildman–Crippen LogP) is 10.2. The Morgan fingerprint density at radius 1 is 0.492 bits per heavy atom. The van der Waals surface area contributed by atoms with E-state index in [1.807, 2.05) is 100 Å².